The van der Waals surface area contributed by atoms with Crippen molar-refractivity contribution in [3.05, 3.63) is 30.1 Å². The Labute approximate surface area is 85.3 Å². The molecule has 0 N–H and O–H groups in total. The Hall–Kier alpha value is -2.33. The molecule has 0 saturated carbocycles. The Balaban J connectivity index is 2.60. The van der Waals surface area contributed by atoms with E-state index < -0.39 is 0 Å². The van der Waals surface area contributed by atoms with Crippen LogP contribution in [0.3, 0.4) is 0 Å². The molecule has 6 nitrogen and oxygen atoms in total. The fourth-order valence-electron chi connectivity index (χ4n) is 1.24. The molecular formula is C9H7N5O. The molecule has 0 atom stereocenters. The molecule has 0 spiro atoms. The molecule has 74 valence electrons. The van der Waals surface area contributed by atoms with E-state index in [9.17, 15) is 4.79 Å². The third-order valence-corrected chi connectivity index (χ3v) is 1.89. The standard InChI is InChI=1S/C9H7N5O/c1-7-2-3-9(8(4-7)10-6-15)14-5-11-12-13-14/h2-5H,1H3. The number of aryl methyl sites for hydroxylation is 1. The van der Waals surface area contributed by atoms with Crippen LogP contribution < -0.4 is 0 Å². The molecule has 0 aliphatic rings. The molecule has 6 heteroatoms. The quantitative estimate of drug-likeness (QED) is 0.535. The molecule has 1 aromatic carbocycles. The van der Waals surface area contributed by atoms with Crippen molar-refractivity contribution < 1.29 is 4.79 Å². The van der Waals surface area contributed by atoms with Crippen molar-refractivity contribution in [2.75, 3.05) is 0 Å². The lowest BCUT2D eigenvalue weighted by Crippen LogP contribution is -1.95. The van der Waals surface area contributed by atoms with Gasteiger partial charge < -0.3 is 0 Å². The summed E-state index contributed by atoms with van der Waals surface area (Å²) in [5.41, 5.74) is 2.15. The van der Waals surface area contributed by atoms with Crippen molar-refractivity contribution in [3.8, 4) is 5.69 Å². The van der Waals surface area contributed by atoms with Crippen LogP contribution in [-0.4, -0.2) is 26.3 Å². The highest BCUT2D eigenvalue weighted by atomic mass is 16.1. The summed E-state index contributed by atoms with van der Waals surface area (Å²) in [6.45, 7) is 1.91. The number of carbonyl (C=O) groups excluding carboxylic acids is 1. The van der Waals surface area contributed by atoms with Crippen molar-refractivity contribution in [1.29, 1.82) is 0 Å². The minimum absolute atomic E-state index is 0.498. The summed E-state index contributed by atoms with van der Waals surface area (Å²) in [6.07, 6.45) is 2.95. The molecule has 0 amide bonds. The second kappa shape index (κ2) is 3.81. The Morgan fingerprint density at radius 3 is 3.00 bits per heavy atom. The largest absolute Gasteiger partial charge is 0.240 e. The first-order valence-corrected chi connectivity index (χ1v) is 4.23. The SMILES string of the molecule is Cc1ccc(-n2cnnn2)c(N=C=O)c1. The number of rotatable bonds is 2. The minimum Gasteiger partial charge on any atom is -0.211 e. The third-order valence-electron chi connectivity index (χ3n) is 1.89. The molecule has 0 fully saturated rings. The molecule has 0 saturated heterocycles. The van der Waals surface area contributed by atoms with Crippen LogP contribution in [0.2, 0.25) is 0 Å². The average Bonchev–Trinajstić information content (AvgIpc) is 2.71. The van der Waals surface area contributed by atoms with E-state index in [0.717, 1.165) is 5.56 Å². The predicted molar refractivity (Wildman–Crippen MR) is 51.7 cm³/mol. The fraction of sp³-hybridized carbons (Fsp3) is 0.111. The van der Waals surface area contributed by atoms with Gasteiger partial charge in [-0.25, -0.2) is 4.79 Å². The van der Waals surface area contributed by atoms with Gasteiger partial charge in [0.15, 0.2) is 0 Å². The molecule has 2 rings (SSSR count). The highest BCUT2D eigenvalue weighted by Gasteiger charge is 2.05. The van der Waals surface area contributed by atoms with Gasteiger partial charge in [-0.05, 0) is 35.0 Å². The number of benzene rings is 1. The van der Waals surface area contributed by atoms with Crippen molar-refractivity contribution in [1.82, 2.24) is 20.2 Å². The number of hydrogen-bond acceptors (Lipinski definition) is 5. The minimum atomic E-state index is 0.498. The van der Waals surface area contributed by atoms with Crippen LogP contribution in [0.15, 0.2) is 29.5 Å². The highest BCUT2D eigenvalue weighted by Crippen LogP contribution is 2.22. The van der Waals surface area contributed by atoms with E-state index in [1.165, 1.54) is 17.1 Å². The average molecular weight is 201 g/mol. The zero-order chi connectivity index (χ0) is 10.7. The lowest BCUT2D eigenvalue weighted by molar-refractivity contribution is 0.565. The van der Waals surface area contributed by atoms with Crippen LogP contribution in [0.25, 0.3) is 5.69 Å². The second-order valence-corrected chi connectivity index (χ2v) is 2.95. The molecular weight excluding hydrogens is 194 g/mol. The Kier molecular flexibility index (Phi) is 2.35. The van der Waals surface area contributed by atoms with Gasteiger partial charge in [-0.2, -0.15) is 9.67 Å². The van der Waals surface area contributed by atoms with Crippen LogP contribution in [0.4, 0.5) is 5.69 Å². The lowest BCUT2D eigenvalue weighted by atomic mass is 10.2. The molecule has 2 aromatic rings. The number of isocyanates is 1. The van der Waals surface area contributed by atoms with Crippen molar-refractivity contribution >= 4 is 11.8 Å². The van der Waals surface area contributed by atoms with Gasteiger partial charge in [0.2, 0.25) is 6.08 Å². The van der Waals surface area contributed by atoms with E-state index in [4.69, 9.17) is 0 Å². The van der Waals surface area contributed by atoms with Crippen LogP contribution in [0.1, 0.15) is 5.56 Å². The summed E-state index contributed by atoms with van der Waals surface area (Å²) in [7, 11) is 0. The summed E-state index contributed by atoms with van der Waals surface area (Å²) < 4.78 is 1.44. The molecule has 0 aliphatic heterocycles. The first-order valence-electron chi connectivity index (χ1n) is 4.23. The summed E-state index contributed by atoms with van der Waals surface area (Å²) >= 11 is 0. The summed E-state index contributed by atoms with van der Waals surface area (Å²) in [5.74, 6) is 0. The topological polar surface area (TPSA) is 73.0 Å². The van der Waals surface area contributed by atoms with Crippen molar-refractivity contribution in [3.63, 3.8) is 0 Å². The number of hydrogen-bond donors (Lipinski definition) is 0. The number of aliphatic imine (C=N–C) groups is 1. The first-order chi connectivity index (χ1) is 7.31. The maximum absolute atomic E-state index is 10.3. The van der Waals surface area contributed by atoms with Crippen LogP contribution >= 0.6 is 0 Å². The summed E-state index contributed by atoms with van der Waals surface area (Å²) in [4.78, 5) is 13.9. The maximum Gasteiger partial charge on any atom is 0.240 e. The van der Waals surface area contributed by atoms with Gasteiger partial charge in [0.1, 0.15) is 12.0 Å². The van der Waals surface area contributed by atoms with E-state index in [2.05, 4.69) is 20.5 Å². The number of tetrazole rings is 1. The fourth-order valence-corrected chi connectivity index (χ4v) is 1.24. The lowest BCUT2D eigenvalue weighted by Gasteiger charge is -2.03. The molecule has 15 heavy (non-hydrogen) atoms. The van der Waals surface area contributed by atoms with E-state index in [-0.39, 0.29) is 0 Å². The molecule has 1 heterocycles. The molecule has 0 bridgehead atoms. The highest BCUT2D eigenvalue weighted by molar-refractivity contribution is 5.62. The predicted octanol–water partition coefficient (Wildman–Crippen LogP) is 0.938. The van der Waals surface area contributed by atoms with Crippen molar-refractivity contribution in [2.24, 2.45) is 4.99 Å². The Morgan fingerprint density at radius 1 is 1.47 bits per heavy atom. The summed E-state index contributed by atoms with van der Waals surface area (Å²) in [6, 6.07) is 5.45. The number of aromatic nitrogens is 4. The molecule has 0 radical (unpaired) electrons. The van der Waals surface area contributed by atoms with Gasteiger partial charge in [-0.1, -0.05) is 6.07 Å². The van der Waals surface area contributed by atoms with Gasteiger partial charge in [-0.3, -0.25) is 0 Å². The molecule has 0 aliphatic carbocycles. The van der Waals surface area contributed by atoms with Gasteiger partial charge >= 0.3 is 0 Å². The third kappa shape index (κ3) is 1.79. The van der Waals surface area contributed by atoms with Gasteiger partial charge in [0.05, 0.1) is 5.69 Å². The van der Waals surface area contributed by atoms with Gasteiger partial charge in [-0.15, -0.1) is 5.10 Å². The van der Waals surface area contributed by atoms with Gasteiger partial charge in [0, 0.05) is 0 Å². The first kappa shape index (κ1) is 9.23. The molecule has 1 aromatic heterocycles. The zero-order valence-electron chi connectivity index (χ0n) is 7.95. The van der Waals surface area contributed by atoms with Crippen LogP contribution in [0, 0.1) is 6.92 Å². The van der Waals surface area contributed by atoms with Crippen molar-refractivity contribution in [2.45, 2.75) is 6.92 Å². The Bertz CT molecular complexity index is 513. The smallest absolute Gasteiger partial charge is 0.211 e. The van der Waals surface area contributed by atoms with E-state index in [1.807, 2.05) is 13.0 Å². The number of nitrogens with zero attached hydrogens (tertiary/aromatic N) is 5. The van der Waals surface area contributed by atoms with E-state index in [1.54, 1.807) is 12.1 Å². The second-order valence-electron chi connectivity index (χ2n) is 2.95. The van der Waals surface area contributed by atoms with Gasteiger partial charge in [0.25, 0.3) is 0 Å². The van der Waals surface area contributed by atoms with E-state index in [0.29, 0.717) is 11.4 Å². The molecule has 0 unspecified atom stereocenters. The summed E-state index contributed by atoms with van der Waals surface area (Å²) in [5, 5.41) is 10.8. The maximum atomic E-state index is 10.3. The van der Waals surface area contributed by atoms with Crippen LogP contribution in [-0.2, 0) is 4.79 Å². The normalized spacial score (nSPS) is 9.67. The van der Waals surface area contributed by atoms with E-state index >= 15 is 0 Å². The van der Waals surface area contributed by atoms with Crippen LogP contribution in [0.5, 0.6) is 0 Å². The monoisotopic (exact) mass is 201 g/mol. The zero-order valence-corrected chi connectivity index (χ0v) is 7.95. The Morgan fingerprint density at radius 2 is 2.33 bits per heavy atom.